The molecule has 0 spiro atoms. The molecule has 3 nitrogen and oxygen atoms in total. The van der Waals surface area contributed by atoms with Gasteiger partial charge in [0.15, 0.2) is 0 Å². The summed E-state index contributed by atoms with van der Waals surface area (Å²) in [5, 5.41) is 4.93. The Labute approximate surface area is 116 Å². The number of aromatic nitrogens is 2. The van der Waals surface area contributed by atoms with Gasteiger partial charge in [-0.25, -0.2) is 0 Å². The lowest BCUT2D eigenvalue weighted by Crippen LogP contribution is -2.16. The molecule has 1 heterocycles. The van der Waals surface area contributed by atoms with Crippen molar-refractivity contribution in [1.29, 1.82) is 0 Å². The van der Waals surface area contributed by atoms with Gasteiger partial charge in [-0.1, -0.05) is 57.0 Å². The number of rotatable bonds is 9. The Morgan fingerprint density at radius 1 is 1.22 bits per heavy atom. The molecule has 1 aromatic rings. The first-order chi connectivity index (χ1) is 8.70. The lowest BCUT2D eigenvalue weighted by atomic mass is 10.0. The maximum absolute atomic E-state index is 6.21. The van der Waals surface area contributed by atoms with Crippen LogP contribution in [0.5, 0.6) is 0 Å². The Bertz CT molecular complexity index is 336. The highest BCUT2D eigenvalue weighted by molar-refractivity contribution is 6.31. The number of unbranched alkanes of at least 4 members (excludes halogenated alkanes) is 5. The summed E-state index contributed by atoms with van der Waals surface area (Å²) < 4.78 is 1.91. The first kappa shape index (κ1) is 15.5. The molecule has 0 amide bonds. The van der Waals surface area contributed by atoms with Crippen molar-refractivity contribution in [2.24, 2.45) is 5.73 Å². The zero-order valence-corrected chi connectivity index (χ0v) is 12.4. The zero-order valence-electron chi connectivity index (χ0n) is 11.7. The molecule has 2 N–H and O–H groups in total. The lowest BCUT2D eigenvalue weighted by Gasteiger charge is -2.14. The quantitative estimate of drug-likeness (QED) is 0.680. The van der Waals surface area contributed by atoms with Gasteiger partial charge in [-0.15, -0.1) is 0 Å². The minimum absolute atomic E-state index is 0.0196. The van der Waals surface area contributed by atoms with Crippen LogP contribution in [0.15, 0.2) is 6.20 Å². The van der Waals surface area contributed by atoms with Crippen LogP contribution >= 0.6 is 11.6 Å². The molecule has 1 atom stereocenters. The Balaban J connectivity index is 2.31. The van der Waals surface area contributed by atoms with Crippen LogP contribution in [0.3, 0.4) is 0 Å². The molecule has 1 unspecified atom stereocenters. The molecule has 0 aliphatic carbocycles. The fourth-order valence-corrected chi connectivity index (χ4v) is 2.56. The number of hydrogen-bond acceptors (Lipinski definition) is 2. The highest BCUT2D eigenvalue weighted by atomic mass is 35.5. The predicted octanol–water partition coefficient (Wildman–Crippen LogP) is 4.31. The van der Waals surface area contributed by atoms with Crippen molar-refractivity contribution in [2.75, 3.05) is 0 Å². The lowest BCUT2D eigenvalue weighted by molar-refractivity contribution is 0.509. The fraction of sp³-hybridized carbons (Fsp3) is 0.786. The first-order valence-corrected chi connectivity index (χ1v) is 7.55. The predicted molar refractivity (Wildman–Crippen MR) is 77.8 cm³/mol. The van der Waals surface area contributed by atoms with Crippen molar-refractivity contribution < 1.29 is 0 Å². The number of aryl methyl sites for hydroxylation is 1. The summed E-state index contributed by atoms with van der Waals surface area (Å²) in [4.78, 5) is 0. The standard InChI is InChI=1S/C14H26ClN3/c1-3-5-6-7-8-9-10-13(16)14-12(15)11-17-18(14)4-2/h11,13H,3-10,16H2,1-2H3. The van der Waals surface area contributed by atoms with Crippen molar-refractivity contribution in [3.05, 3.63) is 16.9 Å². The molecule has 1 aromatic heterocycles. The van der Waals surface area contributed by atoms with Crippen LogP contribution in [0.2, 0.25) is 5.02 Å². The molecular formula is C14H26ClN3. The number of nitrogens with zero attached hydrogens (tertiary/aromatic N) is 2. The fourth-order valence-electron chi connectivity index (χ4n) is 2.27. The molecule has 0 saturated carbocycles. The van der Waals surface area contributed by atoms with Crippen molar-refractivity contribution in [3.63, 3.8) is 0 Å². The van der Waals surface area contributed by atoms with Crippen LogP contribution in [0.4, 0.5) is 0 Å². The van der Waals surface area contributed by atoms with Gasteiger partial charge in [-0.2, -0.15) is 5.10 Å². The van der Waals surface area contributed by atoms with Crippen LogP contribution in [-0.4, -0.2) is 9.78 Å². The summed E-state index contributed by atoms with van der Waals surface area (Å²) in [6, 6.07) is 0.0196. The van der Waals surface area contributed by atoms with Gasteiger partial charge in [0.05, 0.1) is 16.9 Å². The van der Waals surface area contributed by atoms with Gasteiger partial charge >= 0.3 is 0 Å². The Morgan fingerprint density at radius 2 is 1.89 bits per heavy atom. The molecule has 18 heavy (non-hydrogen) atoms. The molecule has 0 aliphatic heterocycles. The van der Waals surface area contributed by atoms with Crippen molar-refractivity contribution >= 4 is 11.6 Å². The van der Waals surface area contributed by atoms with E-state index in [9.17, 15) is 0 Å². The van der Waals surface area contributed by atoms with Crippen molar-refractivity contribution in [1.82, 2.24) is 9.78 Å². The zero-order chi connectivity index (χ0) is 13.4. The topological polar surface area (TPSA) is 43.8 Å². The van der Waals surface area contributed by atoms with Crippen LogP contribution < -0.4 is 5.73 Å². The molecule has 0 saturated heterocycles. The SMILES string of the molecule is CCCCCCCCC(N)c1c(Cl)cnn1CC. The average Bonchev–Trinajstić information content (AvgIpc) is 2.74. The third kappa shape index (κ3) is 4.62. The molecule has 0 fully saturated rings. The van der Waals surface area contributed by atoms with Gasteiger partial charge in [0.2, 0.25) is 0 Å². The first-order valence-electron chi connectivity index (χ1n) is 7.17. The van der Waals surface area contributed by atoms with E-state index in [1.807, 2.05) is 4.68 Å². The maximum atomic E-state index is 6.21. The second-order valence-corrected chi connectivity index (χ2v) is 5.26. The third-order valence-electron chi connectivity index (χ3n) is 3.35. The Hall–Kier alpha value is -0.540. The molecule has 4 heteroatoms. The molecule has 0 aliphatic rings. The van der Waals surface area contributed by atoms with E-state index in [-0.39, 0.29) is 6.04 Å². The van der Waals surface area contributed by atoms with Gasteiger partial charge in [-0.05, 0) is 13.3 Å². The minimum Gasteiger partial charge on any atom is -0.323 e. The molecule has 0 bridgehead atoms. The molecular weight excluding hydrogens is 246 g/mol. The second kappa shape index (κ2) is 8.54. The van der Waals surface area contributed by atoms with E-state index in [2.05, 4.69) is 18.9 Å². The summed E-state index contributed by atoms with van der Waals surface area (Å²) in [5.74, 6) is 0. The molecule has 0 radical (unpaired) electrons. The van der Waals surface area contributed by atoms with Crippen LogP contribution in [0.25, 0.3) is 0 Å². The van der Waals surface area contributed by atoms with E-state index in [4.69, 9.17) is 17.3 Å². The Morgan fingerprint density at radius 3 is 2.56 bits per heavy atom. The number of nitrogens with two attached hydrogens (primary N) is 1. The minimum atomic E-state index is 0.0196. The normalized spacial score (nSPS) is 12.9. The number of halogens is 1. The van der Waals surface area contributed by atoms with Crippen molar-refractivity contribution in [3.8, 4) is 0 Å². The van der Waals surface area contributed by atoms with E-state index in [0.29, 0.717) is 5.02 Å². The average molecular weight is 272 g/mol. The van der Waals surface area contributed by atoms with Gasteiger partial charge in [-0.3, -0.25) is 4.68 Å². The molecule has 104 valence electrons. The van der Waals surface area contributed by atoms with Gasteiger partial charge in [0, 0.05) is 12.6 Å². The summed E-state index contributed by atoms with van der Waals surface area (Å²) in [6.07, 6.45) is 10.5. The summed E-state index contributed by atoms with van der Waals surface area (Å²) in [7, 11) is 0. The van der Waals surface area contributed by atoms with Gasteiger partial charge < -0.3 is 5.73 Å². The van der Waals surface area contributed by atoms with E-state index < -0.39 is 0 Å². The highest BCUT2D eigenvalue weighted by Crippen LogP contribution is 2.25. The second-order valence-electron chi connectivity index (χ2n) is 4.86. The van der Waals surface area contributed by atoms with Crippen LogP contribution in [0.1, 0.15) is 70.5 Å². The highest BCUT2D eigenvalue weighted by Gasteiger charge is 2.15. The van der Waals surface area contributed by atoms with E-state index >= 15 is 0 Å². The number of hydrogen-bond donors (Lipinski definition) is 1. The smallest absolute Gasteiger partial charge is 0.0834 e. The van der Waals surface area contributed by atoms with Gasteiger partial charge in [0.1, 0.15) is 0 Å². The Kier molecular flexibility index (Phi) is 7.36. The summed E-state index contributed by atoms with van der Waals surface area (Å²) in [6.45, 7) is 5.13. The van der Waals surface area contributed by atoms with E-state index in [1.54, 1.807) is 6.20 Å². The molecule has 0 aromatic carbocycles. The molecule has 1 rings (SSSR count). The van der Waals surface area contributed by atoms with Crippen molar-refractivity contribution in [2.45, 2.75) is 71.4 Å². The van der Waals surface area contributed by atoms with E-state index in [1.165, 1.54) is 38.5 Å². The van der Waals surface area contributed by atoms with E-state index in [0.717, 1.165) is 18.7 Å². The van der Waals surface area contributed by atoms with Crippen LogP contribution in [0, 0.1) is 0 Å². The van der Waals surface area contributed by atoms with Gasteiger partial charge in [0.25, 0.3) is 0 Å². The third-order valence-corrected chi connectivity index (χ3v) is 3.64. The monoisotopic (exact) mass is 271 g/mol. The summed E-state index contributed by atoms with van der Waals surface area (Å²) >= 11 is 6.14. The largest absolute Gasteiger partial charge is 0.323 e. The van der Waals surface area contributed by atoms with Crippen LogP contribution in [-0.2, 0) is 6.54 Å². The maximum Gasteiger partial charge on any atom is 0.0834 e. The summed E-state index contributed by atoms with van der Waals surface area (Å²) in [5.41, 5.74) is 7.21.